The van der Waals surface area contributed by atoms with Gasteiger partial charge in [-0.05, 0) is 42.8 Å². The highest BCUT2D eigenvalue weighted by Crippen LogP contribution is 2.27. The van der Waals surface area contributed by atoms with E-state index in [-0.39, 0.29) is 18.4 Å². The van der Waals surface area contributed by atoms with E-state index in [9.17, 15) is 9.59 Å². The molecule has 2 heterocycles. The lowest BCUT2D eigenvalue weighted by molar-refractivity contribution is -0.120. The Kier molecular flexibility index (Phi) is 6.63. The number of nitrogens with one attached hydrogen (secondary N) is 2. The number of imidazole rings is 1. The maximum Gasteiger partial charge on any atom is 0.251 e. The lowest BCUT2D eigenvalue weighted by Gasteiger charge is -2.11. The van der Waals surface area contributed by atoms with Crippen molar-refractivity contribution in [1.82, 2.24) is 25.2 Å². The summed E-state index contributed by atoms with van der Waals surface area (Å²) in [6.45, 7) is 2.05. The molecule has 0 unspecified atom stereocenters. The third-order valence-corrected chi connectivity index (χ3v) is 4.43. The summed E-state index contributed by atoms with van der Waals surface area (Å²) in [6, 6.07) is 8.49. The van der Waals surface area contributed by atoms with E-state index >= 15 is 0 Å². The number of rotatable bonds is 8. The number of carbonyl (C=O) groups is 2. The zero-order valence-corrected chi connectivity index (χ0v) is 17.0. The summed E-state index contributed by atoms with van der Waals surface area (Å²) in [6.07, 6.45) is 5.20. The first-order valence-electron chi connectivity index (χ1n) is 9.24. The summed E-state index contributed by atoms with van der Waals surface area (Å²) in [7, 11) is 3.01. The van der Waals surface area contributed by atoms with Gasteiger partial charge in [-0.15, -0.1) is 0 Å². The lowest BCUT2D eigenvalue weighted by Crippen LogP contribution is -2.36. The predicted octanol–water partition coefficient (Wildman–Crippen LogP) is 1.64. The van der Waals surface area contributed by atoms with Gasteiger partial charge < -0.3 is 20.1 Å². The molecule has 156 valence electrons. The van der Waals surface area contributed by atoms with Crippen molar-refractivity contribution in [2.45, 2.75) is 13.5 Å². The number of ether oxygens (including phenoxy) is 2. The van der Waals surface area contributed by atoms with Crippen molar-refractivity contribution in [3.8, 4) is 17.3 Å². The predicted molar refractivity (Wildman–Crippen MR) is 110 cm³/mol. The Morgan fingerprint density at radius 3 is 2.50 bits per heavy atom. The number of hydrogen-bond donors (Lipinski definition) is 2. The Labute approximate surface area is 174 Å². The molecule has 0 radical (unpaired) electrons. The molecule has 2 N–H and O–H groups in total. The second-order valence-electron chi connectivity index (χ2n) is 6.40. The molecular formula is C21H23N5O4. The Morgan fingerprint density at radius 2 is 1.80 bits per heavy atom. The summed E-state index contributed by atoms with van der Waals surface area (Å²) in [5, 5.41) is 5.38. The van der Waals surface area contributed by atoms with Crippen LogP contribution in [0.4, 0.5) is 0 Å². The Bertz CT molecular complexity index is 1050. The van der Waals surface area contributed by atoms with Crippen LogP contribution >= 0.6 is 0 Å². The third kappa shape index (κ3) is 4.93. The van der Waals surface area contributed by atoms with Crippen LogP contribution in [0.25, 0.3) is 5.82 Å². The molecule has 0 bridgehead atoms. The first-order valence-corrected chi connectivity index (χ1v) is 9.24. The van der Waals surface area contributed by atoms with E-state index in [2.05, 4.69) is 20.6 Å². The molecule has 0 saturated heterocycles. The molecule has 9 heteroatoms. The van der Waals surface area contributed by atoms with Crippen LogP contribution in [0.5, 0.6) is 11.5 Å². The van der Waals surface area contributed by atoms with Crippen molar-refractivity contribution in [3.05, 3.63) is 65.9 Å². The maximum absolute atomic E-state index is 12.3. The van der Waals surface area contributed by atoms with Gasteiger partial charge >= 0.3 is 0 Å². The quantitative estimate of drug-likeness (QED) is 0.586. The summed E-state index contributed by atoms with van der Waals surface area (Å²) in [5.74, 6) is 1.82. The Morgan fingerprint density at radius 1 is 1.00 bits per heavy atom. The number of pyridine rings is 1. The molecule has 0 aliphatic heterocycles. The smallest absolute Gasteiger partial charge is 0.251 e. The minimum Gasteiger partial charge on any atom is -0.493 e. The molecule has 1 aromatic carbocycles. The minimum atomic E-state index is -0.382. The lowest BCUT2D eigenvalue weighted by atomic mass is 10.2. The second-order valence-corrected chi connectivity index (χ2v) is 6.40. The van der Waals surface area contributed by atoms with Crippen molar-refractivity contribution in [3.63, 3.8) is 0 Å². The van der Waals surface area contributed by atoms with Gasteiger partial charge in [-0.2, -0.15) is 0 Å². The van der Waals surface area contributed by atoms with E-state index in [1.807, 2.05) is 29.8 Å². The van der Waals surface area contributed by atoms with Crippen molar-refractivity contribution in [2.24, 2.45) is 0 Å². The zero-order valence-electron chi connectivity index (χ0n) is 17.0. The number of carbonyl (C=O) groups excluding carboxylic acids is 2. The highest BCUT2D eigenvalue weighted by atomic mass is 16.5. The number of aryl methyl sites for hydroxylation is 1. The SMILES string of the molecule is COc1ccc(C(=O)NCC(=O)NCc2ccnc(-n3ccnc3C)c2)cc1OC. The summed E-state index contributed by atoms with van der Waals surface area (Å²) < 4.78 is 12.2. The number of benzene rings is 1. The maximum atomic E-state index is 12.3. The summed E-state index contributed by atoms with van der Waals surface area (Å²) in [5.41, 5.74) is 1.25. The van der Waals surface area contributed by atoms with Gasteiger partial charge in [0, 0.05) is 30.7 Å². The molecule has 30 heavy (non-hydrogen) atoms. The molecular weight excluding hydrogens is 386 g/mol. The van der Waals surface area contributed by atoms with E-state index in [1.165, 1.54) is 14.2 Å². The van der Waals surface area contributed by atoms with E-state index in [1.54, 1.807) is 30.6 Å². The first-order chi connectivity index (χ1) is 14.5. The number of hydrogen-bond acceptors (Lipinski definition) is 6. The summed E-state index contributed by atoms with van der Waals surface area (Å²) >= 11 is 0. The van der Waals surface area contributed by atoms with Gasteiger partial charge in [0.1, 0.15) is 11.6 Å². The number of nitrogens with zero attached hydrogens (tertiary/aromatic N) is 3. The fraction of sp³-hybridized carbons (Fsp3) is 0.238. The fourth-order valence-corrected chi connectivity index (χ4v) is 2.83. The molecule has 0 aliphatic rings. The van der Waals surface area contributed by atoms with E-state index in [4.69, 9.17) is 9.47 Å². The average Bonchev–Trinajstić information content (AvgIpc) is 3.21. The Hall–Kier alpha value is -3.88. The number of methoxy groups -OCH3 is 2. The van der Waals surface area contributed by atoms with Gasteiger partial charge in [-0.3, -0.25) is 14.2 Å². The van der Waals surface area contributed by atoms with Crippen molar-refractivity contribution >= 4 is 11.8 Å². The molecule has 3 aromatic rings. The largest absolute Gasteiger partial charge is 0.493 e. The van der Waals surface area contributed by atoms with Crippen LogP contribution in [0, 0.1) is 6.92 Å². The average molecular weight is 409 g/mol. The van der Waals surface area contributed by atoms with Crippen molar-refractivity contribution < 1.29 is 19.1 Å². The molecule has 3 rings (SSSR count). The van der Waals surface area contributed by atoms with Crippen LogP contribution in [0.1, 0.15) is 21.7 Å². The molecule has 0 saturated carbocycles. The van der Waals surface area contributed by atoms with Crippen LogP contribution < -0.4 is 20.1 Å². The fourth-order valence-electron chi connectivity index (χ4n) is 2.83. The topological polar surface area (TPSA) is 107 Å². The molecule has 0 spiro atoms. The molecule has 2 amide bonds. The van der Waals surface area contributed by atoms with E-state index < -0.39 is 0 Å². The van der Waals surface area contributed by atoms with Gasteiger partial charge in [0.2, 0.25) is 5.91 Å². The standard InChI is InChI=1S/C21H23N5O4/c1-14-22-8-9-26(14)19-10-15(6-7-23-19)12-24-20(27)13-25-21(28)16-4-5-17(29-2)18(11-16)30-3/h4-11H,12-13H2,1-3H3,(H,24,27)(H,25,28). The van der Waals surface area contributed by atoms with E-state index in [0.717, 1.165) is 17.2 Å². The van der Waals surface area contributed by atoms with Gasteiger partial charge in [0.05, 0.1) is 20.8 Å². The van der Waals surface area contributed by atoms with Crippen molar-refractivity contribution in [2.75, 3.05) is 20.8 Å². The Balaban J connectivity index is 1.53. The highest BCUT2D eigenvalue weighted by Gasteiger charge is 2.12. The molecule has 0 aliphatic carbocycles. The summed E-state index contributed by atoms with van der Waals surface area (Å²) in [4.78, 5) is 32.9. The first kappa shape index (κ1) is 20.8. The van der Waals surface area contributed by atoms with Crippen LogP contribution in [-0.4, -0.2) is 47.1 Å². The monoisotopic (exact) mass is 409 g/mol. The number of amides is 2. The van der Waals surface area contributed by atoms with Gasteiger partial charge in [0.15, 0.2) is 11.5 Å². The molecule has 0 fully saturated rings. The normalized spacial score (nSPS) is 10.4. The van der Waals surface area contributed by atoms with Gasteiger partial charge in [0.25, 0.3) is 5.91 Å². The number of aromatic nitrogens is 3. The zero-order chi connectivity index (χ0) is 21.5. The van der Waals surface area contributed by atoms with E-state index in [0.29, 0.717) is 23.6 Å². The highest BCUT2D eigenvalue weighted by molar-refractivity contribution is 5.97. The molecule has 9 nitrogen and oxygen atoms in total. The third-order valence-electron chi connectivity index (χ3n) is 4.43. The second kappa shape index (κ2) is 9.55. The van der Waals surface area contributed by atoms with Crippen LogP contribution in [0.3, 0.4) is 0 Å². The van der Waals surface area contributed by atoms with Crippen LogP contribution in [-0.2, 0) is 11.3 Å². The van der Waals surface area contributed by atoms with Crippen LogP contribution in [0.2, 0.25) is 0 Å². The van der Waals surface area contributed by atoms with Crippen molar-refractivity contribution in [1.29, 1.82) is 0 Å². The molecule has 0 atom stereocenters. The molecule has 2 aromatic heterocycles. The minimum absolute atomic E-state index is 0.147. The van der Waals surface area contributed by atoms with Gasteiger partial charge in [-0.1, -0.05) is 0 Å². The van der Waals surface area contributed by atoms with Crippen LogP contribution in [0.15, 0.2) is 48.9 Å². The van der Waals surface area contributed by atoms with Gasteiger partial charge in [-0.25, -0.2) is 9.97 Å².